The molecule has 25 heavy (non-hydrogen) atoms. The van der Waals surface area contributed by atoms with Crippen molar-refractivity contribution >= 4 is 33.2 Å². The van der Waals surface area contributed by atoms with Crippen molar-refractivity contribution in [3.05, 3.63) is 75.7 Å². The second-order valence-corrected chi connectivity index (χ2v) is 7.60. The summed E-state index contributed by atoms with van der Waals surface area (Å²) in [4.78, 5) is 17.3. The van der Waals surface area contributed by atoms with Crippen LogP contribution < -0.4 is 5.32 Å². The van der Waals surface area contributed by atoms with Crippen molar-refractivity contribution in [2.24, 2.45) is 0 Å². The van der Waals surface area contributed by atoms with Gasteiger partial charge in [0.2, 0.25) is 0 Å². The lowest BCUT2D eigenvalue weighted by Crippen LogP contribution is -2.36. The molecule has 128 valence electrons. The highest BCUT2D eigenvalue weighted by atomic mass is 79.9. The maximum atomic E-state index is 12.4. The predicted octanol–water partition coefficient (Wildman–Crippen LogP) is 4.42. The number of hydrogen-bond donors (Lipinski definition) is 2. The molecule has 0 saturated heterocycles. The Labute approximate surface area is 158 Å². The topological polar surface area (TPSA) is 62.2 Å². The van der Waals surface area contributed by atoms with Gasteiger partial charge in [-0.2, -0.15) is 0 Å². The number of aliphatic hydroxyl groups excluding tert-OH is 1. The van der Waals surface area contributed by atoms with Crippen molar-refractivity contribution in [3.8, 4) is 10.6 Å². The molecule has 0 aliphatic carbocycles. The van der Waals surface area contributed by atoms with Gasteiger partial charge in [0.25, 0.3) is 5.91 Å². The van der Waals surface area contributed by atoms with Gasteiger partial charge in [0.1, 0.15) is 9.88 Å². The number of aromatic nitrogens is 1. The number of halogens is 1. The minimum absolute atomic E-state index is 0.233. The minimum atomic E-state index is -0.779. The van der Waals surface area contributed by atoms with Crippen LogP contribution in [0.25, 0.3) is 10.6 Å². The van der Waals surface area contributed by atoms with Crippen LogP contribution in [0.3, 0.4) is 0 Å². The van der Waals surface area contributed by atoms with Crippen LogP contribution in [-0.2, 0) is 0 Å². The summed E-state index contributed by atoms with van der Waals surface area (Å²) < 4.78 is 0.943. The van der Waals surface area contributed by atoms with Gasteiger partial charge >= 0.3 is 0 Å². The maximum absolute atomic E-state index is 12.4. The molecular formula is C19H17BrN2O2S. The summed E-state index contributed by atoms with van der Waals surface area (Å²) in [6.45, 7) is 1.78. The molecule has 3 rings (SSSR count). The Kier molecular flexibility index (Phi) is 5.63. The quantitative estimate of drug-likeness (QED) is 0.646. The third-order valence-electron chi connectivity index (χ3n) is 3.79. The van der Waals surface area contributed by atoms with Gasteiger partial charge in [0, 0.05) is 10.0 Å². The molecule has 2 aromatic carbocycles. The first kappa shape index (κ1) is 17.8. The van der Waals surface area contributed by atoms with Gasteiger partial charge in [-0.3, -0.25) is 4.79 Å². The minimum Gasteiger partial charge on any atom is -0.386 e. The van der Waals surface area contributed by atoms with Gasteiger partial charge in [0.15, 0.2) is 0 Å². The summed E-state index contributed by atoms with van der Waals surface area (Å²) in [7, 11) is 0. The number of aliphatic hydroxyl groups is 1. The molecule has 2 N–H and O–H groups in total. The first-order valence-corrected chi connectivity index (χ1v) is 9.41. The van der Waals surface area contributed by atoms with Crippen LogP contribution in [0.5, 0.6) is 0 Å². The van der Waals surface area contributed by atoms with Crippen molar-refractivity contribution in [3.63, 3.8) is 0 Å². The van der Waals surface area contributed by atoms with E-state index in [1.807, 2.05) is 54.6 Å². The standard InChI is InChI=1S/C19H17BrN2O2S/c1-12(17(23)13-7-9-15(20)10-8-13)22-18(24)16-11-21-19(25-16)14-5-3-2-4-6-14/h2-12,17,23H,1H3,(H,22,24)/t12-,17+/m1/s1. The Morgan fingerprint density at radius 2 is 1.84 bits per heavy atom. The molecule has 0 spiro atoms. The van der Waals surface area contributed by atoms with E-state index in [-0.39, 0.29) is 5.91 Å². The van der Waals surface area contributed by atoms with Crippen molar-refractivity contribution < 1.29 is 9.90 Å². The third-order valence-corrected chi connectivity index (χ3v) is 5.37. The van der Waals surface area contributed by atoms with Crippen LogP contribution in [0.4, 0.5) is 0 Å². The van der Waals surface area contributed by atoms with Gasteiger partial charge < -0.3 is 10.4 Å². The number of benzene rings is 2. The second-order valence-electron chi connectivity index (χ2n) is 5.65. The number of rotatable bonds is 5. The van der Waals surface area contributed by atoms with Crippen LogP contribution >= 0.6 is 27.3 Å². The van der Waals surface area contributed by atoms with Crippen LogP contribution in [0, 0.1) is 0 Å². The number of carbonyl (C=O) groups excluding carboxylic acids is 1. The average molecular weight is 417 g/mol. The van der Waals surface area contributed by atoms with Crippen LogP contribution in [-0.4, -0.2) is 22.0 Å². The van der Waals surface area contributed by atoms with E-state index in [0.29, 0.717) is 4.88 Å². The zero-order valence-electron chi connectivity index (χ0n) is 13.5. The molecule has 1 amide bonds. The lowest BCUT2D eigenvalue weighted by atomic mass is 10.0. The van der Waals surface area contributed by atoms with Crippen LogP contribution in [0.2, 0.25) is 0 Å². The Bertz CT molecular complexity index is 849. The fourth-order valence-electron chi connectivity index (χ4n) is 2.40. The molecule has 4 nitrogen and oxygen atoms in total. The molecule has 1 heterocycles. The summed E-state index contributed by atoms with van der Waals surface area (Å²) in [5, 5.41) is 14.1. The van der Waals surface area contributed by atoms with Gasteiger partial charge in [-0.1, -0.05) is 58.4 Å². The van der Waals surface area contributed by atoms with E-state index < -0.39 is 12.1 Å². The van der Waals surface area contributed by atoms with Crippen molar-refractivity contribution in [2.75, 3.05) is 0 Å². The van der Waals surface area contributed by atoms with Crippen molar-refractivity contribution in [2.45, 2.75) is 19.1 Å². The number of nitrogens with zero attached hydrogens (tertiary/aromatic N) is 1. The van der Waals surface area contributed by atoms with E-state index >= 15 is 0 Å². The number of carbonyl (C=O) groups is 1. The summed E-state index contributed by atoms with van der Waals surface area (Å²) >= 11 is 4.70. The summed E-state index contributed by atoms with van der Waals surface area (Å²) in [5.41, 5.74) is 1.74. The summed E-state index contributed by atoms with van der Waals surface area (Å²) in [6.07, 6.45) is 0.791. The largest absolute Gasteiger partial charge is 0.386 e. The van der Waals surface area contributed by atoms with Crippen LogP contribution in [0.15, 0.2) is 65.3 Å². The number of nitrogens with one attached hydrogen (secondary N) is 1. The van der Waals surface area contributed by atoms with Crippen LogP contribution in [0.1, 0.15) is 28.3 Å². The Hall–Kier alpha value is -2.02. The van der Waals surface area contributed by atoms with Gasteiger partial charge in [-0.15, -0.1) is 11.3 Å². The van der Waals surface area contributed by atoms with Gasteiger partial charge in [0.05, 0.1) is 18.3 Å². The highest BCUT2D eigenvalue weighted by Crippen LogP contribution is 2.25. The molecule has 0 bridgehead atoms. The van der Waals surface area contributed by atoms with E-state index in [0.717, 1.165) is 20.6 Å². The molecule has 6 heteroatoms. The Balaban J connectivity index is 1.67. The summed E-state index contributed by atoms with van der Waals surface area (Å²) in [6, 6.07) is 16.7. The Morgan fingerprint density at radius 1 is 1.16 bits per heavy atom. The van der Waals surface area contributed by atoms with E-state index in [4.69, 9.17) is 0 Å². The van der Waals surface area contributed by atoms with E-state index in [2.05, 4.69) is 26.2 Å². The molecule has 1 aromatic heterocycles. The first-order chi connectivity index (χ1) is 12.0. The fraction of sp³-hybridized carbons (Fsp3) is 0.158. The lowest BCUT2D eigenvalue weighted by Gasteiger charge is -2.20. The average Bonchev–Trinajstić information content (AvgIpc) is 3.13. The monoisotopic (exact) mass is 416 g/mol. The molecule has 0 fully saturated rings. The molecule has 3 aromatic rings. The normalized spacial score (nSPS) is 13.2. The van der Waals surface area contributed by atoms with Crippen molar-refractivity contribution in [1.29, 1.82) is 0 Å². The highest BCUT2D eigenvalue weighted by Gasteiger charge is 2.20. The molecular weight excluding hydrogens is 400 g/mol. The summed E-state index contributed by atoms with van der Waals surface area (Å²) in [5.74, 6) is -0.233. The fourth-order valence-corrected chi connectivity index (χ4v) is 3.49. The van der Waals surface area contributed by atoms with Crippen molar-refractivity contribution in [1.82, 2.24) is 10.3 Å². The first-order valence-electron chi connectivity index (χ1n) is 7.80. The Morgan fingerprint density at radius 3 is 2.52 bits per heavy atom. The highest BCUT2D eigenvalue weighted by molar-refractivity contribution is 9.10. The maximum Gasteiger partial charge on any atom is 0.263 e. The van der Waals surface area contributed by atoms with Gasteiger partial charge in [-0.25, -0.2) is 4.98 Å². The second kappa shape index (κ2) is 7.91. The zero-order chi connectivity index (χ0) is 17.8. The number of thiazole rings is 1. The molecule has 0 radical (unpaired) electrons. The zero-order valence-corrected chi connectivity index (χ0v) is 15.9. The van der Waals surface area contributed by atoms with E-state index in [9.17, 15) is 9.90 Å². The molecule has 0 aliphatic heterocycles. The number of amides is 1. The number of hydrogen-bond acceptors (Lipinski definition) is 4. The van der Waals surface area contributed by atoms with Gasteiger partial charge in [-0.05, 0) is 24.6 Å². The third kappa shape index (κ3) is 4.34. The SMILES string of the molecule is C[C@@H](NC(=O)c1cnc(-c2ccccc2)s1)[C@H](O)c1ccc(Br)cc1. The lowest BCUT2D eigenvalue weighted by molar-refractivity contribution is 0.0855. The predicted molar refractivity (Wildman–Crippen MR) is 104 cm³/mol. The smallest absolute Gasteiger partial charge is 0.263 e. The van der Waals surface area contributed by atoms with E-state index in [1.54, 1.807) is 13.1 Å². The molecule has 0 saturated carbocycles. The molecule has 2 atom stereocenters. The molecule has 0 unspecified atom stereocenters. The molecule has 0 aliphatic rings. The van der Waals surface area contributed by atoms with E-state index in [1.165, 1.54) is 11.3 Å².